The molecule has 39 heavy (non-hydrogen) atoms. The van der Waals surface area contributed by atoms with E-state index in [2.05, 4.69) is 15.0 Å². The third-order valence-electron chi connectivity index (χ3n) is 5.73. The lowest BCUT2D eigenvalue weighted by Crippen LogP contribution is -2.14. The fraction of sp³-hybridized carbons (Fsp3) is 0.143. The Morgan fingerprint density at radius 2 is 1.79 bits per heavy atom. The summed E-state index contributed by atoms with van der Waals surface area (Å²) in [6.07, 6.45) is 0.00443. The number of nitrogens with zero attached hydrogens (tertiary/aromatic N) is 2. The molecule has 0 bridgehead atoms. The van der Waals surface area contributed by atoms with E-state index in [0.717, 1.165) is 23.4 Å². The smallest absolute Gasteiger partial charge is 0.416 e. The van der Waals surface area contributed by atoms with Gasteiger partial charge in [0.25, 0.3) is 0 Å². The highest BCUT2D eigenvalue weighted by Gasteiger charge is 2.31. The molecule has 4 rings (SSSR count). The molecule has 0 amide bonds. The second-order valence-corrected chi connectivity index (χ2v) is 9.27. The van der Waals surface area contributed by atoms with Crippen LogP contribution in [0.1, 0.15) is 22.5 Å². The van der Waals surface area contributed by atoms with E-state index in [1.54, 1.807) is 41.1 Å². The van der Waals surface area contributed by atoms with Crippen LogP contribution in [0.3, 0.4) is 0 Å². The Morgan fingerprint density at radius 3 is 2.44 bits per heavy atom. The number of imidazole rings is 1. The van der Waals surface area contributed by atoms with E-state index >= 15 is 0 Å². The summed E-state index contributed by atoms with van der Waals surface area (Å²) in [5.41, 5.74) is 1.67. The summed E-state index contributed by atoms with van der Waals surface area (Å²) in [5, 5.41) is 3.80. The van der Waals surface area contributed by atoms with Crippen LogP contribution in [0, 0.1) is 5.82 Å². The molecule has 0 radical (unpaired) electrons. The molecule has 1 aromatic heterocycles. The van der Waals surface area contributed by atoms with Crippen molar-refractivity contribution in [1.82, 2.24) is 9.55 Å². The number of ether oxygens (including phenoxy) is 1. The first-order valence-corrected chi connectivity index (χ1v) is 12.3. The third kappa shape index (κ3) is 7.19. The van der Waals surface area contributed by atoms with Crippen molar-refractivity contribution in [1.29, 1.82) is 0 Å². The molecule has 0 fully saturated rings. The number of methoxy groups -OCH3 is 1. The molecule has 0 aliphatic carbocycles. The van der Waals surface area contributed by atoms with Crippen LogP contribution in [-0.4, -0.2) is 29.2 Å². The molecule has 1 heterocycles. The van der Waals surface area contributed by atoms with E-state index in [1.165, 1.54) is 19.3 Å². The number of nitrogens with one attached hydrogen (secondary N) is 1. The maximum atomic E-state index is 14.4. The lowest BCUT2D eigenvalue weighted by atomic mass is 10.1. The van der Waals surface area contributed by atoms with Crippen molar-refractivity contribution in [2.75, 3.05) is 19.0 Å². The second-order valence-electron chi connectivity index (χ2n) is 8.43. The predicted octanol–water partition coefficient (Wildman–Crippen LogP) is 7.82. The lowest BCUT2D eigenvalue weighted by molar-refractivity contribution is -0.139. The Kier molecular flexibility index (Phi) is 8.62. The number of hydrogen-bond acceptors (Lipinski definition) is 4. The number of alkyl halides is 3. The zero-order valence-corrected chi connectivity index (χ0v) is 21.9. The van der Waals surface area contributed by atoms with Crippen LogP contribution < -0.4 is 5.32 Å². The van der Waals surface area contributed by atoms with Crippen LogP contribution in [0.4, 0.5) is 23.2 Å². The Labute approximate surface area is 231 Å². The number of aromatic nitrogens is 2. The van der Waals surface area contributed by atoms with Gasteiger partial charge in [0.05, 0.1) is 23.4 Å². The summed E-state index contributed by atoms with van der Waals surface area (Å²) in [7, 11) is 1.31. The molecule has 0 saturated heterocycles. The number of halogens is 6. The lowest BCUT2D eigenvalue weighted by Gasteiger charge is -2.09. The van der Waals surface area contributed by atoms with Gasteiger partial charge in [-0.1, -0.05) is 41.4 Å². The minimum Gasteiger partial charge on any atom is -0.468 e. The van der Waals surface area contributed by atoms with E-state index in [4.69, 9.17) is 23.2 Å². The van der Waals surface area contributed by atoms with Gasteiger partial charge in [0, 0.05) is 34.6 Å². The van der Waals surface area contributed by atoms with Crippen molar-refractivity contribution in [2.24, 2.45) is 0 Å². The fourth-order valence-corrected chi connectivity index (χ4v) is 4.20. The van der Waals surface area contributed by atoms with Gasteiger partial charge in [-0.25, -0.2) is 9.37 Å². The van der Waals surface area contributed by atoms with Gasteiger partial charge in [0.15, 0.2) is 0 Å². The van der Waals surface area contributed by atoms with E-state index in [-0.39, 0.29) is 12.1 Å². The van der Waals surface area contributed by atoms with Gasteiger partial charge in [-0.2, -0.15) is 13.2 Å². The first kappa shape index (κ1) is 28.2. The maximum Gasteiger partial charge on any atom is 0.416 e. The van der Waals surface area contributed by atoms with Gasteiger partial charge < -0.3 is 14.6 Å². The van der Waals surface area contributed by atoms with Crippen molar-refractivity contribution in [3.63, 3.8) is 0 Å². The molecule has 1 N–H and O–H groups in total. The van der Waals surface area contributed by atoms with Crippen LogP contribution in [0.25, 0.3) is 23.4 Å². The molecule has 0 spiro atoms. The molecule has 0 aliphatic rings. The number of rotatable bonds is 8. The monoisotopic (exact) mass is 577 g/mol. The van der Waals surface area contributed by atoms with Crippen LogP contribution in [0.5, 0.6) is 0 Å². The minimum absolute atomic E-state index is 0.0235. The average molecular weight is 578 g/mol. The zero-order chi connectivity index (χ0) is 28.2. The molecule has 0 saturated carbocycles. The summed E-state index contributed by atoms with van der Waals surface area (Å²) in [4.78, 5) is 16.0. The summed E-state index contributed by atoms with van der Waals surface area (Å²) in [6, 6.07) is 14.7. The van der Waals surface area contributed by atoms with E-state index in [1.807, 2.05) is 12.1 Å². The fourth-order valence-electron chi connectivity index (χ4n) is 3.69. The molecule has 0 atom stereocenters. The molecule has 4 aromatic rings. The van der Waals surface area contributed by atoms with E-state index < -0.39 is 23.5 Å². The number of anilines is 1. The van der Waals surface area contributed by atoms with Gasteiger partial charge in [-0.3, -0.25) is 4.79 Å². The highest BCUT2D eigenvalue weighted by atomic mass is 35.5. The van der Waals surface area contributed by atoms with Crippen LogP contribution in [-0.2, 0) is 22.3 Å². The van der Waals surface area contributed by atoms with Crippen molar-refractivity contribution in [3.05, 3.63) is 105 Å². The standard InChI is InChI=1S/C28H21Cl2F4N3O2/c1-39-27(38)14-35-21-8-2-17(3-9-21)15-37-16-25(22-10-7-20(29)13-23(22)30)36-26(37)11-5-18-4-6-19(12-24(18)31)28(32,33)34/h2-13,16,35H,14-15H2,1H3/b11-5+. The van der Waals surface area contributed by atoms with Crippen molar-refractivity contribution in [2.45, 2.75) is 12.7 Å². The quantitative estimate of drug-likeness (QED) is 0.171. The number of hydrogen-bond donors (Lipinski definition) is 1. The third-order valence-corrected chi connectivity index (χ3v) is 6.27. The Balaban J connectivity index is 1.64. The Morgan fingerprint density at radius 1 is 1.05 bits per heavy atom. The highest BCUT2D eigenvalue weighted by molar-refractivity contribution is 6.36. The second kappa shape index (κ2) is 11.9. The van der Waals surface area contributed by atoms with Crippen molar-refractivity contribution < 1.29 is 27.1 Å². The minimum atomic E-state index is -4.64. The summed E-state index contributed by atoms with van der Waals surface area (Å²) in [5.74, 6) is -0.981. The van der Waals surface area contributed by atoms with Crippen molar-refractivity contribution in [3.8, 4) is 11.3 Å². The van der Waals surface area contributed by atoms with E-state index in [0.29, 0.717) is 39.7 Å². The topological polar surface area (TPSA) is 56.1 Å². The first-order chi connectivity index (χ1) is 18.5. The van der Waals surface area contributed by atoms with Crippen LogP contribution in [0.2, 0.25) is 10.0 Å². The summed E-state index contributed by atoms with van der Waals surface area (Å²) < 4.78 is 59.6. The molecule has 11 heteroatoms. The largest absolute Gasteiger partial charge is 0.468 e. The molecular weight excluding hydrogens is 557 g/mol. The average Bonchev–Trinajstić information content (AvgIpc) is 3.28. The molecule has 0 aliphatic heterocycles. The number of carbonyl (C=O) groups excluding carboxylic acids is 1. The molecule has 5 nitrogen and oxygen atoms in total. The van der Waals surface area contributed by atoms with Crippen molar-refractivity contribution >= 4 is 47.0 Å². The maximum absolute atomic E-state index is 14.4. The predicted molar refractivity (Wildman–Crippen MR) is 144 cm³/mol. The zero-order valence-electron chi connectivity index (χ0n) is 20.4. The van der Waals surface area contributed by atoms with Gasteiger partial charge in [0.1, 0.15) is 18.2 Å². The van der Waals surface area contributed by atoms with Gasteiger partial charge >= 0.3 is 12.1 Å². The molecule has 3 aromatic carbocycles. The summed E-state index contributed by atoms with van der Waals surface area (Å²) in [6.45, 7) is 0.392. The van der Waals surface area contributed by atoms with Crippen LogP contribution >= 0.6 is 23.2 Å². The molecular formula is C28H21Cl2F4N3O2. The number of esters is 1. The summed E-state index contributed by atoms with van der Waals surface area (Å²) >= 11 is 12.4. The molecule has 202 valence electrons. The normalized spacial score (nSPS) is 11.7. The van der Waals surface area contributed by atoms with E-state index in [9.17, 15) is 22.4 Å². The number of carbonyl (C=O) groups is 1. The van der Waals surface area contributed by atoms with Crippen LogP contribution in [0.15, 0.2) is 66.9 Å². The Hall–Kier alpha value is -3.82. The SMILES string of the molecule is COC(=O)CNc1ccc(Cn2cc(-c3ccc(Cl)cc3Cl)nc2/C=C/c2ccc(C(F)(F)F)cc2F)cc1. The number of benzene rings is 3. The van der Waals surface area contributed by atoms with Gasteiger partial charge in [-0.15, -0.1) is 0 Å². The van der Waals surface area contributed by atoms with Gasteiger partial charge in [-0.05, 0) is 60.2 Å². The first-order valence-electron chi connectivity index (χ1n) is 11.5. The highest BCUT2D eigenvalue weighted by Crippen LogP contribution is 2.32. The molecule has 0 unspecified atom stereocenters. The Bertz CT molecular complexity index is 1520. The van der Waals surface area contributed by atoms with Gasteiger partial charge in [0.2, 0.25) is 0 Å².